The first kappa shape index (κ1) is 18.6. The fourth-order valence-corrected chi connectivity index (χ4v) is 3.19. The zero-order chi connectivity index (χ0) is 19.6. The molecule has 1 aromatic carbocycles. The molecule has 1 fully saturated rings. The van der Waals surface area contributed by atoms with E-state index >= 15 is 0 Å². The van der Waals surface area contributed by atoms with Crippen LogP contribution in [-0.4, -0.2) is 45.1 Å². The van der Waals surface area contributed by atoms with Gasteiger partial charge in [-0.05, 0) is 51.0 Å². The predicted octanol–water partition coefficient (Wildman–Crippen LogP) is 2.35. The van der Waals surface area contributed by atoms with E-state index in [4.69, 9.17) is 5.11 Å². The molecule has 27 heavy (non-hydrogen) atoms. The summed E-state index contributed by atoms with van der Waals surface area (Å²) in [6.07, 6.45) is 1.25. The molecular formula is C19H22N4O4. The number of nitrogens with zero attached hydrogens (tertiary/aromatic N) is 3. The average Bonchev–Trinajstić information content (AvgIpc) is 2.62. The van der Waals surface area contributed by atoms with Crippen LogP contribution in [0.15, 0.2) is 24.3 Å². The van der Waals surface area contributed by atoms with E-state index in [1.165, 1.54) is 18.2 Å². The summed E-state index contributed by atoms with van der Waals surface area (Å²) < 4.78 is 0. The third-order valence-corrected chi connectivity index (χ3v) is 4.62. The quantitative estimate of drug-likeness (QED) is 0.708. The van der Waals surface area contributed by atoms with Gasteiger partial charge in [-0.2, -0.15) is 0 Å². The number of aromatic nitrogens is 2. The second-order valence-corrected chi connectivity index (χ2v) is 6.74. The summed E-state index contributed by atoms with van der Waals surface area (Å²) in [4.78, 5) is 34.6. The molecule has 0 bridgehead atoms. The summed E-state index contributed by atoms with van der Waals surface area (Å²) >= 11 is 0. The molecule has 0 spiro atoms. The largest absolute Gasteiger partial charge is 0.506 e. The molecule has 1 saturated heterocycles. The van der Waals surface area contributed by atoms with Crippen LogP contribution in [0.1, 0.15) is 34.6 Å². The number of phenolic OH excluding ortho intramolecular Hbond substituents is 1. The molecule has 8 nitrogen and oxygen atoms in total. The number of carbonyl (C=O) groups excluding carboxylic acids is 1. The van der Waals surface area contributed by atoms with Gasteiger partial charge in [-0.25, -0.2) is 14.8 Å². The molecule has 0 aliphatic carbocycles. The number of benzene rings is 1. The number of nitrogens with one attached hydrogen (secondary N) is 1. The molecule has 0 atom stereocenters. The number of aromatic hydroxyl groups is 1. The number of rotatable bonds is 4. The molecule has 0 saturated carbocycles. The van der Waals surface area contributed by atoms with Gasteiger partial charge in [0.05, 0.1) is 11.3 Å². The average molecular weight is 370 g/mol. The van der Waals surface area contributed by atoms with Crippen LogP contribution in [0.3, 0.4) is 0 Å². The van der Waals surface area contributed by atoms with Crippen LogP contribution in [0.25, 0.3) is 0 Å². The minimum Gasteiger partial charge on any atom is -0.506 e. The Kier molecular flexibility index (Phi) is 5.25. The number of aromatic carboxylic acids is 1. The lowest BCUT2D eigenvalue weighted by molar-refractivity contribution is -0.120. The SMILES string of the molecule is Cc1cc(C)nc(N2CCC(C(=O)Nc3cc(C(=O)O)ccc3O)CC2)n1. The Labute approximate surface area is 156 Å². The maximum absolute atomic E-state index is 12.5. The molecule has 3 N–H and O–H groups in total. The van der Waals surface area contributed by atoms with Crippen molar-refractivity contribution in [1.82, 2.24) is 9.97 Å². The molecule has 3 rings (SSSR count). The van der Waals surface area contributed by atoms with Gasteiger partial charge < -0.3 is 20.4 Å². The molecule has 8 heteroatoms. The molecule has 0 radical (unpaired) electrons. The minimum atomic E-state index is -1.12. The van der Waals surface area contributed by atoms with E-state index in [1.54, 1.807) is 0 Å². The fourth-order valence-electron chi connectivity index (χ4n) is 3.19. The topological polar surface area (TPSA) is 116 Å². The number of aryl methyl sites for hydroxylation is 2. The molecule has 142 valence electrons. The Bertz CT molecular complexity index is 856. The second kappa shape index (κ2) is 7.61. The number of anilines is 2. The van der Waals surface area contributed by atoms with E-state index in [0.717, 1.165) is 11.4 Å². The number of piperidine rings is 1. The number of phenols is 1. The number of hydrogen-bond acceptors (Lipinski definition) is 6. The summed E-state index contributed by atoms with van der Waals surface area (Å²) in [7, 11) is 0. The van der Waals surface area contributed by atoms with E-state index in [-0.39, 0.29) is 28.8 Å². The third kappa shape index (κ3) is 4.33. The fraction of sp³-hybridized carbons (Fsp3) is 0.368. The summed E-state index contributed by atoms with van der Waals surface area (Å²) in [5.41, 5.74) is 1.93. The van der Waals surface area contributed by atoms with Crippen LogP contribution in [0.4, 0.5) is 11.6 Å². The Morgan fingerprint density at radius 2 is 1.74 bits per heavy atom. The normalized spacial score (nSPS) is 14.8. The van der Waals surface area contributed by atoms with Gasteiger partial charge in [0.1, 0.15) is 5.75 Å². The van der Waals surface area contributed by atoms with Crippen LogP contribution in [0, 0.1) is 19.8 Å². The zero-order valence-electron chi connectivity index (χ0n) is 15.3. The predicted molar refractivity (Wildman–Crippen MR) is 100 cm³/mol. The lowest BCUT2D eigenvalue weighted by atomic mass is 9.96. The summed E-state index contributed by atoms with van der Waals surface area (Å²) in [6, 6.07) is 5.73. The van der Waals surface area contributed by atoms with Crippen LogP contribution in [0.5, 0.6) is 5.75 Å². The van der Waals surface area contributed by atoms with Crippen molar-refractivity contribution in [2.24, 2.45) is 5.92 Å². The van der Waals surface area contributed by atoms with Crippen LogP contribution in [-0.2, 0) is 4.79 Å². The highest BCUT2D eigenvalue weighted by Gasteiger charge is 2.27. The molecule has 1 aromatic heterocycles. The van der Waals surface area contributed by atoms with Gasteiger partial charge in [-0.15, -0.1) is 0 Å². The van der Waals surface area contributed by atoms with Crippen molar-refractivity contribution in [3.8, 4) is 5.75 Å². The van der Waals surface area contributed by atoms with E-state index in [9.17, 15) is 14.7 Å². The third-order valence-electron chi connectivity index (χ3n) is 4.62. The standard InChI is InChI=1S/C19H22N4O4/c1-11-9-12(2)21-19(20-11)23-7-5-13(6-8-23)17(25)22-15-10-14(18(26)27)3-4-16(15)24/h3-4,9-10,13,24H,5-8H2,1-2H3,(H,22,25)(H,26,27). The Balaban J connectivity index is 1.63. The Morgan fingerprint density at radius 1 is 1.11 bits per heavy atom. The van der Waals surface area contributed by atoms with Crippen molar-refractivity contribution in [2.45, 2.75) is 26.7 Å². The first-order valence-corrected chi connectivity index (χ1v) is 8.78. The van der Waals surface area contributed by atoms with Crippen molar-refractivity contribution in [3.63, 3.8) is 0 Å². The first-order chi connectivity index (χ1) is 12.8. The lowest BCUT2D eigenvalue weighted by Gasteiger charge is -2.31. The van der Waals surface area contributed by atoms with Gasteiger partial charge in [0.15, 0.2) is 0 Å². The van der Waals surface area contributed by atoms with Crippen molar-refractivity contribution in [2.75, 3.05) is 23.3 Å². The van der Waals surface area contributed by atoms with E-state index < -0.39 is 5.97 Å². The molecule has 1 aliphatic rings. The number of carboxylic acid groups (broad SMARTS) is 1. The highest BCUT2D eigenvalue weighted by Crippen LogP contribution is 2.27. The van der Waals surface area contributed by atoms with Gasteiger partial charge in [0, 0.05) is 30.4 Å². The van der Waals surface area contributed by atoms with Crippen molar-refractivity contribution in [1.29, 1.82) is 0 Å². The van der Waals surface area contributed by atoms with Gasteiger partial charge >= 0.3 is 5.97 Å². The highest BCUT2D eigenvalue weighted by atomic mass is 16.4. The minimum absolute atomic E-state index is 0.00452. The monoisotopic (exact) mass is 370 g/mol. The lowest BCUT2D eigenvalue weighted by Crippen LogP contribution is -2.39. The number of carboxylic acids is 1. The van der Waals surface area contributed by atoms with Crippen LogP contribution >= 0.6 is 0 Å². The Morgan fingerprint density at radius 3 is 2.33 bits per heavy atom. The molecule has 0 unspecified atom stereocenters. The highest BCUT2D eigenvalue weighted by molar-refractivity contribution is 5.96. The van der Waals surface area contributed by atoms with E-state index in [0.29, 0.717) is 31.9 Å². The second-order valence-electron chi connectivity index (χ2n) is 6.74. The van der Waals surface area contributed by atoms with Gasteiger partial charge in [0.2, 0.25) is 11.9 Å². The van der Waals surface area contributed by atoms with Crippen molar-refractivity contribution >= 4 is 23.5 Å². The molecular weight excluding hydrogens is 348 g/mol. The molecule has 2 aromatic rings. The van der Waals surface area contributed by atoms with Gasteiger partial charge in [-0.3, -0.25) is 4.79 Å². The first-order valence-electron chi connectivity index (χ1n) is 8.78. The summed E-state index contributed by atoms with van der Waals surface area (Å²) in [6.45, 7) is 5.16. The number of carbonyl (C=O) groups is 2. The van der Waals surface area contributed by atoms with E-state index in [1.807, 2.05) is 19.9 Å². The summed E-state index contributed by atoms with van der Waals surface area (Å²) in [5, 5.41) is 21.6. The van der Waals surface area contributed by atoms with Crippen LogP contribution in [0.2, 0.25) is 0 Å². The van der Waals surface area contributed by atoms with E-state index in [2.05, 4.69) is 20.2 Å². The maximum atomic E-state index is 12.5. The maximum Gasteiger partial charge on any atom is 0.335 e. The smallest absolute Gasteiger partial charge is 0.335 e. The molecule has 2 heterocycles. The number of hydrogen-bond donors (Lipinski definition) is 3. The van der Waals surface area contributed by atoms with Crippen molar-refractivity contribution in [3.05, 3.63) is 41.2 Å². The van der Waals surface area contributed by atoms with Crippen molar-refractivity contribution < 1.29 is 19.8 Å². The van der Waals surface area contributed by atoms with Crippen LogP contribution < -0.4 is 10.2 Å². The molecule has 1 amide bonds. The molecule has 1 aliphatic heterocycles. The summed E-state index contributed by atoms with van der Waals surface area (Å²) in [5.74, 6) is -1.05. The number of amides is 1. The van der Waals surface area contributed by atoms with Gasteiger partial charge in [-0.1, -0.05) is 0 Å². The van der Waals surface area contributed by atoms with Gasteiger partial charge in [0.25, 0.3) is 0 Å². The zero-order valence-corrected chi connectivity index (χ0v) is 15.3. The Hall–Kier alpha value is -3.16.